The number of fused-ring (bicyclic) bond motifs is 5. The molecule has 2 aromatic rings. The number of ether oxygens (including phenoxy) is 1. The minimum absolute atomic E-state index is 0.0291. The molecule has 2 aliphatic heterocycles. The highest BCUT2D eigenvalue weighted by Crippen LogP contribution is 2.45. The second-order valence-corrected chi connectivity index (χ2v) is 7.41. The van der Waals surface area contributed by atoms with E-state index in [0.29, 0.717) is 6.61 Å². The van der Waals surface area contributed by atoms with Crippen LogP contribution in [0.15, 0.2) is 48.5 Å². The van der Waals surface area contributed by atoms with E-state index in [-0.39, 0.29) is 23.6 Å². The van der Waals surface area contributed by atoms with Crippen molar-refractivity contribution in [2.24, 2.45) is 5.41 Å². The molecule has 0 N–H and O–H groups in total. The summed E-state index contributed by atoms with van der Waals surface area (Å²) >= 11 is 0. The Labute approximate surface area is 136 Å². The van der Waals surface area contributed by atoms with Gasteiger partial charge in [-0.05, 0) is 22.6 Å². The fourth-order valence-corrected chi connectivity index (χ4v) is 3.66. The van der Waals surface area contributed by atoms with Gasteiger partial charge in [0, 0.05) is 11.1 Å². The number of hydrogen-bond donors (Lipinski definition) is 0. The average Bonchev–Trinajstić information content (AvgIpc) is 2.95. The van der Waals surface area contributed by atoms with Crippen molar-refractivity contribution in [2.75, 3.05) is 6.61 Å². The Morgan fingerprint density at radius 1 is 0.957 bits per heavy atom. The molecule has 4 rings (SSSR count). The van der Waals surface area contributed by atoms with Gasteiger partial charge in [-0.3, -0.25) is 4.79 Å². The lowest BCUT2D eigenvalue weighted by Gasteiger charge is -2.35. The van der Waals surface area contributed by atoms with Gasteiger partial charge in [0.1, 0.15) is 0 Å². The number of nitrogens with zero attached hydrogens (tertiary/aromatic N) is 1. The average molecular weight is 307 g/mol. The summed E-state index contributed by atoms with van der Waals surface area (Å²) in [6.45, 7) is 7.08. The molecule has 2 aliphatic rings. The molecule has 0 bridgehead atoms. The summed E-state index contributed by atoms with van der Waals surface area (Å²) in [6, 6.07) is 16.1. The van der Waals surface area contributed by atoms with Gasteiger partial charge >= 0.3 is 0 Å². The van der Waals surface area contributed by atoms with Gasteiger partial charge in [-0.25, -0.2) is 0 Å². The molecule has 2 aromatic carbocycles. The van der Waals surface area contributed by atoms with E-state index in [4.69, 9.17) is 4.74 Å². The van der Waals surface area contributed by atoms with E-state index in [2.05, 4.69) is 32.9 Å². The third kappa shape index (κ3) is 2.11. The fraction of sp³-hybridized carbons (Fsp3) is 0.350. The van der Waals surface area contributed by atoms with Gasteiger partial charge in [-0.2, -0.15) is 0 Å². The summed E-state index contributed by atoms with van der Waals surface area (Å²) in [5.74, 6) is 0.0687. The van der Waals surface area contributed by atoms with Gasteiger partial charge in [0.2, 0.25) is 0 Å². The quantitative estimate of drug-likeness (QED) is 0.728. The highest BCUT2D eigenvalue weighted by atomic mass is 16.5. The van der Waals surface area contributed by atoms with Gasteiger partial charge in [0.25, 0.3) is 5.91 Å². The Balaban J connectivity index is 1.97. The molecule has 0 aromatic heterocycles. The summed E-state index contributed by atoms with van der Waals surface area (Å²) in [5, 5.41) is 0. The van der Waals surface area contributed by atoms with Gasteiger partial charge in [-0.1, -0.05) is 63.2 Å². The van der Waals surface area contributed by atoms with Crippen molar-refractivity contribution in [3.05, 3.63) is 59.7 Å². The summed E-state index contributed by atoms with van der Waals surface area (Å²) in [6.07, 6.45) is -0.296. The lowest BCUT2D eigenvalue weighted by atomic mass is 9.86. The third-order valence-corrected chi connectivity index (χ3v) is 4.91. The summed E-state index contributed by atoms with van der Waals surface area (Å²) < 4.78 is 6.11. The topological polar surface area (TPSA) is 29.5 Å². The number of hydrogen-bond acceptors (Lipinski definition) is 2. The van der Waals surface area contributed by atoms with E-state index in [1.807, 2.05) is 41.3 Å². The van der Waals surface area contributed by atoms with Crippen LogP contribution in [-0.4, -0.2) is 23.5 Å². The number of rotatable bonds is 0. The first kappa shape index (κ1) is 14.5. The monoisotopic (exact) mass is 307 g/mol. The number of carbonyl (C=O) groups excluding carboxylic acids is 1. The Morgan fingerprint density at radius 2 is 1.57 bits per heavy atom. The van der Waals surface area contributed by atoms with Crippen LogP contribution in [0.3, 0.4) is 0 Å². The van der Waals surface area contributed by atoms with Crippen molar-refractivity contribution >= 4 is 5.91 Å². The molecule has 118 valence electrons. The largest absolute Gasteiger partial charge is 0.352 e. The number of amides is 1. The van der Waals surface area contributed by atoms with E-state index in [0.717, 1.165) is 22.3 Å². The van der Waals surface area contributed by atoms with Crippen molar-refractivity contribution in [3.8, 4) is 11.1 Å². The second-order valence-electron chi connectivity index (χ2n) is 7.41. The Morgan fingerprint density at radius 3 is 2.26 bits per heavy atom. The lowest BCUT2D eigenvalue weighted by Crippen LogP contribution is -2.45. The van der Waals surface area contributed by atoms with Crippen molar-refractivity contribution in [1.29, 1.82) is 0 Å². The minimum atomic E-state index is -0.296. The van der Waals surface area contributed by atoms with Crippen LogP contribution >= 0.6 is 0 Å². The van der Waals surface area contributed by atoms with Crippen LogP contribution in [0, 0.1) is 5.41 Å². The maximum absolute atomic E-state index is 13.3. The smallest absolute Gasteiger partial charge is 0.257 e. The predicted octanol–water partition coefficient (Wildman–Crippen LogP) is 4.25. The number of carbonyl (C=O) groups is 1. The SMILES string of the molecule is CC(C)(C)[C@H]1CO[C@H]2c3ccccc3-c3ccccc3C(=O)N21. The summed E-state index contributed by atoms with van der Waals surface area (Å²) in [5.41, 5.74) is 3.91. The first-order valence-electron chi connectivity index (χ1n) is 8.11. The van der Waals surface area contributed by atoms with Crippen molar-refractivity contribution in [2.45, 2.75) is 33.0 Å². The first-order valence-corrected chi connectivity index (χ1v) is 8.11. The number of benzene rings is 2. The highest BCUT2D eigenvalue weighted by Gasteiger charge is 2.47. The molecule has 1 amide bonds. The van der Waals surface area contributed by atoms with Crippen LogP contribution in [0.5, 0.6) is 0 Å². The Bertz CT molecular complexity index is 775. The van der Waals surface area contributed by atoms with Crippen molar-refractivity contribution in [1.82, 2.24) is 4.90 Å². The van der Waals surface area contributed by atoms with Crippen LogP contribution in [0.25, 0.3) is 11.1 Å². The maximum atomic E-state index is 13.3. The molecule has 0 aliphatic carbocycles. The van der Waals surface area contributed by atoms with Crippen LogP contribution in [0.4, 0.5) is 0 Å². The zero-order chi connectivity index (χ0) is 16.2. The van der Waals surface area contributed by atoms with Gasteiger partial charge in [0.15, 0.2) is 6.23 Å². The zero-order valence-corrected chi connectivity index (χ0v) is 13.7. The molecular weight excluding hydrogens is 286 g/mol. The lowest BCUT2D eigenvalue weighted by molar-refractivity contribution is 0.0210. The molecule has 3 nitrogen and oxygen atoms in total. The van der Waals surface area contributed by atoms with E-state index >= 15 is 0 Å². The van der Waals surface area contributed by atoms with Crippen LogP contribution in [-0.2, 0) is 4.74 Å². The van der Waals surface area contributed by atoms with E-state index in [9.17, 15) is 4.79 Å². The van der Waals surface area contributed by atoms with Crippen molar-refractivity contribution < 1.29 is 9.53 Å². The van der Waals surface area contributed by atoms with E-state index in [1.54, 1.807) is 0 Å². The first-order chi connectivity index (χ1) is 11.0. The van der Waals surface area contributed by atoms with Crippen LogP contribution < -0.4 is 0 Å². The van der Waals surface area contributed by atoms with Gasteiger partial charge < -0.3 is 9.64 Å². The predicted molar refractivity (Wildman–Crippen MR) is 90.0 cm³/mol. The third-order valence-electron chi connectivity index (χ3n) is 4.91. The minimum Gasteiger partial charge on any atom is -0.352 e. The fourth-order valence-electron chi connectivity index (χ4n) is 3.66. The molecule has 1 fully saturated rings. The summed E-state index contributed by atoms with van der Waals surface area (Å²) in [7, 11) is 0. The summed E-state index contributed by atoms with van der Waals surface area (Å²) in [4.78, 5) is 15.2. The van der Waals surface area contributed by atoms with Gasteiger partial charge in [-0.15, -0.1) is 0 Å². The standard InChI is InChI=1S/C20H21NO2/c1-20(2,3)17-12-23-19-16-11-7-5-9-14(16)13-8-4-6-10-15(13)18(22)21(17)19/h4-11,17,19H,12H2,1-3H3/t17-,19+/m1/s1. The molecule has 3 heteroatoms. The Kier molecular flexibility index (Phi) is 3.10. The molecule has 0 unspecified atom stereocenters. The molecular formula is C20H21NO2. The molecule has 2 heterocycles. The normalized spacial score (nSPS) is 23.1. The molecule has 0 spiro atoms. The van der Waals surface area contributed by atoms with E-state index < -0.39 is 0 Å². The maximum Gasteiger partial charge on any atom is 0.257 e. The molecule has 0 saturated carbocycles. The molecule has 1 saturated heterocycles. The van der Waals surface area contributed by atoms with Crippen LogP contribution in [0.1, 0.15) is 42.9 Å². The Hall–Kier alpha value is -2.13. The van der Waals surface area contributed by atoms with E-state index in [1.165, 1.54) is 0 Å². The molecule has 2 atom stereocenters. The van der Waals surface area contributed by atoms with Crippen molar-refractivity contribution in [3.63, 3.8) is 0 Å². The molecule has 23 heavy (non-hydrogen) atoms. The zero-order valence-electron chi connectivity index (χ0n) is 13.7. The van der Waals surface area contributed by atoms with Gasteiger partial charge in [0.05, 0.1) is 12.6 Å². The second kappa shape index (κ2) is 4.93. The molecule has 0 radical (unpaired) electrons. The van der Waals surface area contributed by atoms with Crippen LogP contribution in [0.2, 0.25) is 0 Å². The highest BCUT2D eigenvalue weighted by molar-refractivity contribution is 6.03.